The average Bonchev–Trinajstić information content (AvgIpc) is 3.45. The molecule has 3 aromatic rings. The van der Waals surface area contributed by atoms with E-state index in [1.165, 1.54) is 6.26 Å². The highest BCUT2D eigenvalue weighted by molar-refractivity contribution is 5.93. The number of carboxylic acid groups (broad SMARTS) is 1. The molecule has 0 saturated heterocycles. The van der Waals surface area contributed by atoms with E-state index in [2.05, 4.69) is 10.4 Å². The van der Waals surface area contributed by atoms with Crippen LogP contribution in [0.1, 0.15) is 22.5 Å². The maximum absolute atomic E-state index is 14.2. The minimum atomic E-state index is -1.55. The Hall–Kier alpha value is -4.41. The van der Waals surface area contributed by atoms with Gasteiger partial charge in [-0.25, -0.2) is 13.5 Å². The Labute approximate surface area is 191 Å². The lowest BCUT2D eigenvalue weighted by atomic mass is 9.85. The zero-order valence-electron chi connectivity index (χ0n) is 17.6. The third-order valence-electron chi connectivity index (χ3n) is 5.21. The number of nitrogens with one attached hydrogen (secondary N) is 2. The zero-order valence-corrected chi connectivity index (χ0v) is 17.6. The van der Waals surface area contributed by atoms with Gasteiger partial charge in [-0.3, -0.25) is 19.5 Å². The molecule has 1 unspecified atom stereocenters. The summed E-state index contributed by atoms with van der Waals surface area (Å²) >= 11 is 0. The van der Waals surface area contributed by atoms with Crippen molar-refractivity contribution in [2.45, 2.75) is 18.4 Å². The molecule has 0 spiro atoms. The van der Waals surface area contributed by atoms with E-state index in [1.807, 2.05) is 0 Å². The second kappa shape index (κ2) is 9.22. The van der Waals surface area contributed by atoms with Crippen LogP contribution >= 0.6 is 0 Å². The molecule has 9 nitrogen and oxygen atoms in total. The molecule has 0 saturated carbocycles. The standard InChI is InChI=1S/C23H19F2N3O6/c24-15-6-7-18(16(25)8-15)28-20(29)9-17(27-28)22(32)26-23(11-21(30)31,19-12-33-13-34-19)10-14-4-2-1-3-5-14/h1-9,12,27H,10-11,13H2,(H,26,32)(H,30,31). The summed E-state index contributed by atoms with van der Waals surface area (Å²) in [5.74, 6) is -3.80. The van der Waals surface area contributed by atoms with Gasteiger partial charge in [0.25, 0.3) is 11.5 Å². The highest BCUT2D eigenvalue weighted by Gasteiger charge is 2.42. The fourth-order valence-corrected chi connectivity index (χ4v) is 3.72. The fourth-order valence-electron chi connectivity index (χ4n) is 3.72. The summed E-state index contributed by atoms with van der Waals surface area (Å²) in [6, 6.07) is 12.4. The molecule has 176 valence electrons. The number of amides is 1. The maximum Gasteiger partial charge on any atom is 0.306 e. The lowest BCUT2D eigenvalue weighted by Crippen LogP contribution is -2.53. The monoisotopic (exact) mass is 471 g/mol. The number of rotatable bonds is 8. The Morgan fingerprint density at radius 2 is 1.91 bits per heavy atom. The number of carbonyl (C=O) groups is 2. The van der Waals surface area contributed by atoms with Crippen molar-refractivity contribution in [3.63, 3.8) is 0 Å². The number of hydrogen-bond acceptors (Lipinski definition) is 5. The summed E-state index contributed by atoms with van der Waals surface area (Å²) in [6.07, 6.45) is 0.715. The molecule has 4 rings (SSSR count). The average molecular weight is 471 g/mol. The van der Waals surface area contributed by atoms with Gasteiger partial charge in [0.1, 0.15) is 29.0 Å². The van der Waals surface area contributed by atoms with Gasteiger partial charge in [-0.15, -0.1) is 0 Å². The Kier molecular flexibility index (Phi) is 6.17. The number of nitrogens with zero attached hydrogens (tertiary/aromatic N) is 1. The predicted molar refractivity (Wildman–Crippen MR) is 114 cm³/mol. The van der Waals surface area contributed by atoms with Crippen molar-refractivity contribution in [2.24, 2.45) is 0 Å². The molecule has 34 heavy (non-hydrogen) atoms. The number of benzene rings is 2. The molecule has 0 fully saturated rings. The van der Waals surface area contributed by atoms with E-state index in [1.54, 1.807) is 30.3 Å². The maximum atomic E-state index is 14.2. The van der Waals surface area contributed by atoms with Gasteiger partial charge in [-0.2, -0.15) is 0 Å². The van der Waals surface area contributed by atoms with Gasteiger partial charge < -0.3 is 19.9 Å². The SMILES string of the molecule is O=C(O)CC(Cc1ccccc1)(NC(=O)c1cc(=O)n(-c2ccc(F)cc2F)[nH]1)C1=COCO1. The van der Waals surface area contributed by atoms with Gasteiger partial charge in [0, 0.05) is 18.6 Å². The third-order valence-corrected chi connectivity index (χ3v) is 5.21. The van der Waals surface area contributed by atoms with Crippen LogP contribution in [0.15, 0.2) is 71.4 Å². The van der Waals surface area contributed by atoms with Crippen molar-refractivity contribution in [1.82, 2.24) is 15.1 Å². The Balaban J connectivity index is 1.71. The predicted octanol–water partition coefficient (Wildman–Crippen LogP) is 2.48. The van der Waals surface area contributed by atoms with Gasteiger partial charge >= 0.3 is 5.97 Å². The molecule has 1 amide bonds. The number of aromatic nitrogens is 2. The Morgan fingerprint density at radius 3 is 2.56 bits per heavy atom. The number of hydrogen-bond donors (Lipinski definition) is 3. The van der Waals surface area contributed by atoms with Crippen LogP contribution in [-0.4, -0.2) is 39.1 Å². The topological polar surface area (TPSA) is 123 Å². The molecule has 2 heterocycles. The first-order chi connectivity index (χ1) is 16.3. The minimum Gasteiger partial charge on any atom is -0.481 e. The van der Waals surface area contributed by atoms with Gasteiger partial charge in [0.05, 0.1) is 6.42 Å². The molecule has 1 atom stereocenters. The first-order valence-electron chi connectivity index (χ1n) is 10.1. The van der Waals surface area contributed by atoms with Crippen LogP contribution in [-0.2, 0) is 20.7 Å². The summed E-state index contributed by atoms with van der Waals surface area (Å²) < 4.78 is 38.7. The van der Waals surface area contributed by atoms with Crippen LogP contribution < -0.4 is 10.9 Å². The van der Waals surface area contributed by atoms with Crippen LogP contribution in [0.4, 0.5) is 8.78 Å². The minimum absolute atomic E-state index is 0.0403. The molecule has 11 heteroatoms. The van der Waals surface area contributed by atoms with Crippen LogP contribution in [0.3, 0.4) is 0 Å². The van der Waals surface area contributed by atoms with Crippen molar-refractivity contribution >= 4 is 11.9 Å². The lowest BCUT2D eigenvalue weighted by molar-refractivity contribution is -0.138. The Bertz CT molecular complexity index is 1320. The van der Waals surface area contributed by atoms with Crippen molar-refractivity contribution in [1.29, 1.82) is 0 Å². The first kappa shape index (κ1) is 22.8. The molecule has 1 aliphatic rings. The molecule has 0 bridgehead atoms. The summed E-state index contributed by atoms with van der Waals surface area (Å²) in [6.45, 7) is -0.154. The number of aromatic amines is 1. The molecule has 1 aliphatic heterocycles. The summed E-state index contributed by atoms with van der Waals surface area (Å²) in [7, 11) is 0. The largest absolute Gasteiger partial charge is 0.481 e. The van der Waals surface area contributed by atoms with E-state index in [0.29, 0.717) is 11.6 Å². The van der Waals surface area contributed by atoms with E-state index in [-0.39, 0.29) is 30.4 Å². The molecule has 2 aromatic carbocycles. The van der Waals surface area contributed by atoms with Crippen LogP contribution in [0.2, 0.25) is 0 Å². The van der Waals surface area contributed by atoms with E-state index in [4.69, 9.17) is 9.47 Å². The number of H-pyrrole nitrogens is 1. The van der Waals surface area contributed by atoms with Gasteiger partial charge in [0.15, 0.2) is 11.6 Å². The lowest BCUT2D eigenvalue weighted by Gasteiger charge is -2.33. The second-order valence-corrected chi connectivity index (χ2v) is 7.62. The Morgan fingerprint density at radius 1 is 1.15 bits per heavy atom. The van der Waals surface area contributed by atoms with E-state index < -0.39 is 41.0 Å². The van der Waals surface area contributed by atoms with Crippen molar-refractivity contribution in [2.75, 3.05) is 6.79 Å². The van der Waals surface area contributed by atoms with Crippen LogP contribution in [0.25, 0.3) is 5.69 Å². The number of ether oxygens (including phenoxy) is 2. The highest BCUT2D eigenvalue weighted by Crippen LogP contribution is 2.30. The van der Waals surface area contributed by atoms with Crippen molar-refractivity contribution in [3.05, 3.63) is 99.9 Å². The number of halogens is 2. The molecule has 1 aromatic heterocycles. The van der Waals surface area contributed by atoms with E-state index >= 15 is 0 Å². The molecular formula is C23H19F2N3O6. The molecule has 0 radical (unpaired) electrons. The van der Waals surface area contributed by atoms with E-state index in [0.717, 1.165) is 22.9 Å². The molecule has 3 N–H and O–H groups in total. The van der Waals surface area contributed by atoms with Crippen molar-refractivity contribution < 1.29 is 33.0 Å². The molecular weight excluding hydrogens is 452 g/mol. The number of carbonyl (C=O) groups excluding carboxylic acids is 1. The van der Waals surface area contributed by atoms with Gasteiger partial charge in [-0.05, 0) is 17.7 Å². The van der Waals surface area contributed by atoms with Crippen LogP contribution in [0, 0.1) is 11.6 Å². The highest BCUT2D eigenvalue weighted by atomic mass is 19.1. The number of aliphatic carboxylic acids is 1. The fraction of sp³-hybridized carbons (Fsp3) is 0.174. The number of carboxylic acids is 1. The van der Waals surface area contributed by atoms with Crippen LogP contribution in [0.5, 0.6) is 0 Å². The summed E-state index contributed by atoms with van der Waals surface area (Å²) in [5.41, 5.74) is -2.18. The second-order valence-electron chi connectivity index (χ2n) is 7.62. The summed E-state index contributed by atoms with van der Waals surface area (Å²) in [5, 5.41) is 14.7. The van der Waals surface area contributed by atoms with E-state index in [9.17, 15) is 28.3 Å². The smallest absolute Gasteiger partial charge is 0.306 e. The third kappa shape index (κ3) is 4.68. The molecule has 0 aliphatic carbocycles. The van der Waals surface area contributed by atoms with Gasteiger partial charge in [0.2, 0.25) is 6.79 Å². The zero-order chi connectivity index (χ0) is 24.3. The van der Waals surface area contributed by atoms with Crippen molar-refractivity contribution in [3.8, 4) is 5.69 Å². The first-order valence-corrected chi connectivity index (χ1v) is 10.1. The normalized spacial score (nSPS) is 14.5. The quantitative estimate of drug-likeness (QED) is 0.464. The van der Waals surface area contributed by atoms with Gasteiger partial charge in [-0.1, -0.05) is 30.3 Å². The summed E-state index contributed by atoms with van der Waals surface area (Å²) in [4.78, 5) is 37.4.